The van der Waals surface area contributed by atoms with Gasteiger partial charge in [-0.1, -0.05) is 20.8 Å². The molecule has 18 heavy (non-hydrogen) atoms. The van der Waals surface area contributed by atoms with Gasteiger partial charge in [0.15, 0.2) is 0 Å². The molecule has 108 valence electrons. The van der Waals surface area contributed by atoms with Crippen LogP contribution in [0.5, 0.6) is 0 Å². The molecule has 1 fully saturated rings. The number of rotatable bonds is 3. The van der Waals surface area contributed by atoms with Crippen LogP contribution in [-0.4, -0.2) is 32.5 Å². The summed E-state index contributed by atoms with van der Waals surface area (Å²) in [7, 11) is -3.44. The molecule has 1 saturated heterocycles. The first kappa shape index (κ1) is 15.9. The Morgan fingerprint density at radius 3 is 2.39 bits per heavy atom. The predicted octanol–water partition coefficient (Wildman–Crippen LogP) is 2.73. The third-order valence-corrected chi connectivity index (χ3v) is 4.33. The van der Waals surface area contributed by atoms with Gasteiger partial charge in [-0.3, -0.25) is 4.18 Å². The lowest BCUT2D eigenvalue weighted by molar-refractivity contribution is -0.187. The highest BCUT2D eigenvalue weighted by molar-refractivity contribution is 7.86. The Hall–Kier alpha value is -0.130. The molecule has 0 spiro atoms. The maximum absolute atomic E-state index is 11.2. The van der Waals surface area contributed by atoms with Crippen LogP contribution in [0.25, 0.3) is 0 Å². The monoisotopic (exact) mass is 278 g/mol. The second-order valence-electron chi connectivity index (χ2n) is 6.62. The summed E-state index contributed by atoms with van der Waals surface area (Å²) in [4.78, 5) is 0. The Bertz CT molecular complexity index is 382. The van der Waals surface area contributed by atoms with Gasteiger partial charge in [0.2, 0.25) is 0 Å². The Labute approximate surface area is 111 Å². The molecule has 1 aliphatic rings. The molecule has 1 aliphatic heterocycles. The summed E-state index contributed by atoms with van der Waals surface area (Å²) in [5.74, 6) is 0. The summed E-state index contributed by atoms with van der Waals surface area (Å²) >= 11 is 0. The van der Waals surface area contributed by atoms with Crippen LogP contribution in [0.1, 0.15) is 53.9 Å². The van der Waals surface area contributed by atoms with Crippen molar-refractivity contribution in [1.29, 1.82) is 0 Å². The molecule has 1 rings (SSSR count). The van der Waals surface area contributed by atoms with Crippen molar-refractivity contribution in [2.75, 3.05) is 6.26 Å². The first-order chi connectivity index (χ1) is 7.94. The van der Waals surface area contributed by atoms with Crippen LogP contribution >= 0.6 is 0 Å². The van der Waals surface area contributed by atoms with Crippen LogP contribution < -0.4 is 0 Å². The van der Waals surface area contributed by atoms with E-state index >= 15 is 0 Å². The van der Waals surface area contributed by atoms with E-state index in [1.807, 2.05) is 6.92 Å². The Morgan fingerprint density at radius 1 is 1.39 bits per heavy atom. The predicted molar refractivity (Wildman–Crippen MR) is 72.0 cm³/mol. The molecule has 3 atom stereocenters. The lowest BCUT2D eigenvalue weighted by atomic mass is 9.80. The Kier molecular flexibility index (Phi) is 4.51. The van der Waals surface area contributed by atoms with Crippen LogP contribution in [0.15, 0.2) is 0 Å². The summed E-state index contributed by atoms with van der Waals surface area (Å²) in [5, 5.41) is 0. The number of hydrogen-bond acceptors (Lipinski definition) is 4. The van der Waals surface area contributed by atoms with Gasteiger partial charge in [0, 0.05) is 0 Å². The second kappa shape index (κ2) is 5.10. The smallest absolute Gasteiger partial charge is 0.264 e. The van der Waals surface area contributed by atoms with Gasteiger partial charge >= 0.3 is 0 Å². The molecule has 4 nitrogen and oxygen atoms in total. The summed E-state index contributed by atoms with van der Waals surface area (Å²) in [6, 6.07) is 0. The zero-order valence-corrected chi connectivity index (χ0v) is 13.1. The van der Waals surface area contributed by atoms with E-state index < -0.39 is 21.8 Å². The third kappa shape index (κ3) is 4.21. The average Bonchev–Trinajstić information content (AvgIpc) is 2.13. The lowest BCUT2D eigenvalue weighted by Crippen LogP contribution is -2.50. The van der Waals surface area contributed by atoms with Crippen LogP contribution in [0.3, 0.4) is 0 Å². The third-order valence-electron chi connectivity index (χ3n) is 3.70. The van der Waals surface area contributed by atoms with Crippen molar-refractivity contribution >= 4 is 10.1 Å². The van der Waals surface area contributed by atoms with Crippen molar-refractivity contribution in [1.82, 2.24) is 0 Å². The van der Waals surface area contributed by atoms with Crippen molar-refractivity contribution in [3.8, 4) is 0 Å². The van der Waals surface area contributed by atoms with Crippen LogP contribution in [-0.2, 0) is 19.0 Å². The van der Waals surface area contributed by atoms with Gasteiger partial charge in [0.25, 0.3) is 10.1 Å². The Balaban J connectivity index is 2.80. The molecule has 0 N–H and O–H groups in total. The lowest BCUT2D eigenvalue weighted by Gasteiger charge is -2.46. The second-order valence-corrected chi connectivity index (χ2v) is 8.22. The van der Waals surface area contributed by atoms with Crippen molar-refractivity contribution in [3.05, 3.63) is 0 Å². The first-order valence-corrected chi connectivity index (χ1v) is 8.32. The molecular weight excluding hydrogens is 252 g/mol. The zero-order chi connectivity index (χ0) is 14.2. The highest BCUT2D eigenvalue weighted by Gasteiger charge is 2.43. The van der Waals surface area contributed by atoms with Crippen molar-refractivity contribution in [2.45, 2.75) is 71.7 Å². The molecule has 0 aromatic carbocycles. The van der Waals surface area contributed by atoms with Gasteiger partial charge in [-0.25, -0.2) is 0 Å². The molecule has 0 bridgehead atoms. The van der Waals surface area contributed by atoms with Crippen molar-refractivity contribution in [3.63, 3.8) is 0 Å². The summed E-state index contributed by atoms with van der Waals surface area (Å²) in [6.45, 7) is 10.1. The minimum absolute atomic E-state index is 0.0620. The summed E-state index contributed by atoms with van der Waals surface area (Å²) in [6.07, 6.45) is 3.65. The van der Waals surface area contributed by atoms with Crippen LogP contribution in [0, 0.1) is 5.41 Å². The SMILES string of the molecule is C[C@@H](OS(C)(=O)=O)[C@]1(C)CCC[C@@H](C(C)(C)C)O1. The average molecular weight is 278 g/mol. The minimum atomic E-state index is -3.44. The van der Waals surface area contributed by atoms with Gasteiger partial charge in [0.1, 0.15) is 6.10 Å². The van der Waals surface area contributed by atoms with Gasteiger partial charge in [-0.2, -0.15) is 8.42 Å². The molecule has 0 radical (unpaired) electrons. The molecular formula is C13H26O4S. The van der Waals surface area contributed by atoms with E-state index in [1.165, 1.54) is 0 Å². The number of hydrogen-bond donors (Lipinski definition) is 0. The molecule has 0 amide bonds. The van der Waals surface area contributed by atoms with E-state index in [2.05, 4.69) is 20.8 Å². The molecule has 0 aromatic rings. The Morgan fingerprint density at radius 2 is 1.94 bits per heavy atom. The summed E-state index contributed by atoms with van der Waals surface area (Å²) in [5.41, 5.74) is -0.467. The van der Waals surface area contributed by atoms with E-state index in [-0.39, 0.29) is 11.5 Å². The van der Waals surface area contributed by atoms with E-state index in [1.54, 1.807) is 6.92 Å². The number of ether oxygens (including phenoxy) is 1. The highest BCUT2D eigenvalue weighted by Crippen LogP contribution is 2.39. The fourth-order valence-electron chi connectivity index (χ4n) is 2.35. The molecule has 0 saturated carbocycles. The van der Waals surface area contributed by atoms with E-state index in [4.69, 9.17) is 8.92 Å². The maximum atomic E-state index is 11.2. The normalized spacial score (nSPS) is 32.2. The van der Waals surface area contributed by atoms with Crippen molar-refractivity contribution < 1.29 is 17.3 Å². The maximum Gasteiger partial charge on any atom is 0.264 e. The van der Waals surface area contributed by atoms with Crippen molar-refractivity contribution in [2.24, 2.45) is 5.41 Å². The molecule has 5 heteroatoms. The van der Waals surface area contributed by atoms with E-state index in [0.717, 1.165) is 25.5 Å². The van der Waals surface area contributed by atoms with Crippen LogP contribution in [0.2, 0.25) is 0 Å². The fraction of sp³-hybridized carbons (Fsp3) is 1.00. The topological polar surface area (TPSA) is 52.6 Å². The quantitative estimate of drug-likeness (QED) is 0.745. The standard InChI is InChI=1S/C13H26O4S/c1-10(17-18(6,14)15)13(5)9-7-8-11(16-13)12(2,3)4/h10-11H,7-9H2,1-6H3/t10-,11+,13+/m1/s1. The minimum Gasteiger partial charge on any atom is -0.369 e. The molecule has 0 aromatic heterocycles. The zero-order valence-electron chi connectivity index (χ0n) is 12.3. The van der Waals surface area contributed by atoms with Crippen LogP contribution in [0.4, 0.5) is 0 Å². The molecule has 0 aliphatic carbocycles. The largest absolute Gasteiger partial charge is 0.369 e. The van der Waals surface area contributed by atoms with Gasteiger partial charge < -0.3 is 4.74 Å². The molecule has 0 unspecified atom stereocenters. The first-order valence-electron chi connectivity index (χ1n) is 6.50. The van der Waals surface area contributed by atoms with E-state index in [0.29, 0.717) is 0 Å². The molecule has 1 heterocycles. The van der Waals surface area contributed by atoms with Gasteiger partial charge in [-0.05, 0) is 38.5 Å². The van der Waals surface area contributed by atoms with Gasteiger partial charge in [-0.15, -0.1) is 0 Å². The summed E-state index contributed by atoms with van der Waals surface area (Å²) < 4.78 is 33.7. The highest BCUT2D eigenvalue weighted by atomic mass is 32.2. The van der Waals surface area contributed by atoms with Gasteiger partial charge in [0.05, 0.1) is 18.0 Å². The fourth-order valence-corrected chi connectivity index (χ4v) is 3.08. The van der Waals surface area contributed by atoms with E-state index in [9.17, 15) is 8.42 Å².